The number of halogens is 1. The third kappa shape index (κ3) is 2.36. The number of aryl methyl sites for hydroxylation is 2. The largest absolute Gasteiger partial charge is 0.250 e. The predicted molar refractivity (Wildman–Crippen MR) is 64.3 cm³/mol. The predicted octanol–water partition coefficient (Wildman–Crippen LogP) is 2.89. The Hall–Kier alpha value is -1.48. The maximum atomic E-state index is 5.78. The monoisotopic (exact) mass is 233 g/mol. The van der Waals surface area contributed by atoms with Crippen molar-refractivity contribution in [2.75, 3.05) is 0 Å². The molecule has 0 spiro atoms. The summed E-state index contributed by atoms with van der Waals surface area (Å²) in [6.07, 6.45) is 0. The quantitative estimate of drug-likeness (QED) is 0.749. The fraction of sp³-hybridized carbons (Fsp3) is 0.250. The molecule has 0 bridgehead atoms. The number of aromatic nitrogens is 3. The second kappa shape index (κ2) is 4.58. The SMILES string of the molecule is Cc1cccc(-c2nc(C)cc(CCl)n2)n1. The van der Waals surface area contributed by atoms with Crippen LogP contribution in [0.1, 0.15) is 17.1 Å². The van der Waals surface area contributed by atoms with Crippen LogP contribution in [-0.2, 0) is 5.88 Å². The first kappa shape index (κ1) is 11.0. The highest BCUT2D eigenvalue weighted by Crippen LogP contribution is 2.14. The highest BCUT2D eigenvalue weighted by atomic mass is 35.5. The minimum atomic E-state index is 0.391. The van der Waals surface area contributed by atoms with Crippen molar-refractivity contribution in [2.45, 2.75) is 19.7 Å². The zero-order valence-electron chi connectivity index (χ0n) is 9.24. The van der Waals surface area contributed by atoms with Crippen LogP contribution < -0.4 is 0 Å². The van der Waals surface area contributed by atoms with E-state index in [-0.39, 0.29) is 0 Å². The molecule has 2 aromatic rings. The second-order valence-electron chi connectivity index (χ2n) is 3.62. The van der Waals surface area contributed by atoms with Gasteiger partial charge in [-0.3, -0.25) is 0 Å². The van der Waals surface area contributed by atoms with Crippen molar-refractivity contribution < 1.29 is 0 Å². The van der Waals surface area contributed by atoms with Crippen molar-refractivity contribution in [3.8, 4) is 11.5 Å². The molecule has 16 heavy (non-hydrogen) atoms. The average molecular weight is 234 g/mol. The molecule has 4 heteroatoms. The summed E-state index contributed by atoms with van der Waals surface area (Å²) in [5, 5.41) is 0. The van der Waals surface area contributed by atoms with Gasteiger partial charge in [0.1, 0.15) is 5.69 Å². The number of hydrogen-bond donors (Lipinski definition) is 0. The van der Waals surface area contributed by atoms with Crippen molar-refractivity contribution in [2.24, 2.45) is 0 Å². The lowest BCUT2D eigenvalue weighted by atomic mass is 10.2. The van der Waals surface area contributed by atoms with Gasteiger partial charge >= 0.3 is 0 Å². The van der Waals surface area contributed by atoms with Gasteiger partial charge in [-0.15, -0.1) is 11.6 Å². The molecule has 0 aliphatic heterocycles. The van der Waals surface area contributed by atoms with Crippen molar-refractivity contribution in [1.29, 1.82) is 0 Å². The first-order valence-electron chi connectivity index (χ1n) is 5.03. The summed E-state index contributed by atoms with van der Waals surface area (Å²) in [5.41, 5.74) is 3.47. The molecule has 2 aromatic heterocycles. The molecule has 3 nitrogen and oxygen atoms in total. The van der Waals surface area contributed by atoms with Gasteiger partial charge in [-0.2, -0.15) is 0 Å². The molecule has 0 saturated heterocycles. The van der Waals surface area contributed by atoms with E-state index in [1.165, 1.54) is 0 Å². The Morgan fingerprint density at radius 2 is 1.88 bits per heavy atom. The number of nitrogens with zero attached hydrogens (tertiary/aromatic N) is 3. The fourth-order valence-corrected chi connectivity index (χ4v) is 1.62. The maximum Gasteiger partial charge on any atom is 0.178 e. The molecule has 0 aromatic carbocycles. The van der Waals surface area contributed by atoms with E-state index in [0.29, 0.717) is 11.7 Å². The van der Waals surface area contributed by atoms with Crippen molar-refractivity contribution in [3.63, 3.8) is 0 Å². The Morgan fingerprint density at radius 1 is 1.06 bits per heavy atom. The van der Waals surface area contributed by atoms with Crippen LogP contribution in [0.25, 0.3) is 11.5 Å². The fourth-order valence-electron chi connectivity index (χ4n) is 1.48. The van der Waals surface area contributed by atoms with Gasteiger partial charge in [-0.25, -0.2) is 15.0 Å². The van der Waals surface area contributed by atoms with Crippen molar-refractivity contribution in [3.05, 3.63) is 41.3 Å². The van der Waals surface area contributed by atoms with Gasteiger partial charge in [0.25, 0.3) is 0 Å². The third-order valence-electron chi connectivity index (χ3n) is 2.16. The van der Waals surface area contributed by atoms with Crippen molar-refractivity contribution >= 4 is 11.6 Å². The van der Waals surface area contributed by atoms with Crippen LogP contribution in [0.3, 0.4) is 0 Å². The second-order valence-corrected chi connectivity index (χ2v) is 3.89. The maximum absolute atomic E-state index is 5.78. The summed E-state index contributed by atoms with van der Waals surface area (Å²) >= 11 is 5.78. The van der Waals surface area contributed by atoms with E-state index in [0.717, 1.165) is 22.8 Å². The van der Waals surface area contributed by atoms with E-state index in [1.54, 1.807) is 0 Å². The number of pyridine rings is 1. The minimum absolute atomic E-state index is 0.391. The Bertz CT molecular complexity index is 511. The zero-order chi connectivity index (χ0) is 11.5. The van der Waals surface area contributed by atoms with E-state index in [4.69, 9.17) is 11.6 Å². The molecule has 0 unspecified atom stereocenters. The van der Waals surface area contributed by atoms with E-state index in [9.17, 15) is 0 Å². The highest BCUT2D eigenvalue weighted by molar-refractivity contribution is 6.16. The molecule has 0 amide bonds. The summed E-state index contributed by atoms with van der Waals surface area (Å²) in [6.45, 7) is 3.87. The first-order chi connectivity index (χ1) is 7.69. The van der Waals surface area contributed by atoms with Crippen LogP contribution in [0.5, 0.6) is 0 Å². The van der Waals surface area contributed by atoms with Crippen LogP contribution in [0.15, 0.2) is 24.3 Å². The van der Waals surface area contributed by atoms with Crippen LogP contribution in [-0.4, -0.2) is 15.0 Å². The molecule has 0 atom stereocenters. The molecule has 0 N–H and O–H groups in total. The van der Waals surface area contributed by atoms with Gasteiger partial charge in [0, 0.05) is 11.4 Å². The molecule has 0 radical (unpaired) electrons. The zero-order valence-corrected chi connectivity index (χ0v) is 9.99. The molecule has 0 fully saturated rings. The van der Waals surface area contributed by atoms with Gasteiger partial charge in [-0.05, 0) is 32.0 Å². The van der Waals surface area contributed by atoms with Gasteiger partial charge in [0.2, 0.25) is 0 Å². The number of rotatable bonds is 2. The lowest BCUT2D eigenvalue weighted by molar-refractivity contribution is 1.03. The lowest BCUT2D eigenvalue weighted by Crippen LogP contribution is -1.98. The smallest absolute Gasteiger partial charge is 0.178 e. The Kier molecular flexibility index (Phi) is 3.15. The van der Waals surface area contributed by atoms with E-state index >= 15 is 0 Å². The third-order valence-corrected chi connectivity index (χ3v) is 2.44. The molecular weight excluding hydrogens is 222 g/mol. The lowest BCUT2D eigenvalue weighted by Gasteiger charge is -2.04. The normalized spacial score (nSPS) is 10.4. The number of hydrogen-bond acceptors (Lipinski definition) is 3. The molecular formula is C12H12ClN3. The van der Waals surface area contributed by atoms with Gasteiger partial charge in [-0.1, -0.05) is 6.07 Å². The Labute approximate surface area is 99.5 Å². The summed E-state index contributed by atoms with van der Waals surface area (Å²) in [5.74, 6) is 1.03. The molecule has 0 saturated carbocycles. The van der Waals surface area contributed by atoms with E-state index in [2.05, 4.69) is 15.0 Å². The average Bonchev–Trinajstić information content (AvgIpc) is 2.28. The molecule has 0 aliphatic carbocycles. The van der Waals surface area contributed by atoms with Gasteiger partial charge in [0.05, 0.1) is 11.6 Å². The van der Waals surface area contributed by atoms with E-state index < -0.39 is 0 Å². The molecule has 82 valence electrons. The summed E-state index contributed by atoms with van der Waals surface area (Å²) in [4.78, 5) is 13.1. The Morgan fingerprint density at radius 3 is 2.56 bits per heavy atom. The minimum Gasteiger partial charge on any atom is -0.250 e. The molecule has 2 heterocycles. The highest BCUT2D eigenvalue weighted by Gasteiger charge is 2.05. The summed E-state index contributed by atoms with van der Waals surface area (Å²) in [7, 11) is 0. The van der Waals surface area contributed by atoms with Crippen LogP contribution in [0, 0.1) is 13.8 Å². The van der Waals surface area contributed by atoms with Crippen LogP contribution in [0.2, 0.25) is 0 Å². The number of alkyl halides is 1. The van der Waals surface area contributed by atoms with E-state index in [1.807, 2.05) is 38.1 Å². The summed E-state index contributed by atoms with van der Waals surface area (Å²) < 4.78 is 0. The molecule has 0 aliphatic rings. The Balaban J connectivity index is 2.51. The van der Waals surface area contributed by atoms with Gasteiger partial charge < -0.3 is 0 Å². The first-order valence-corrected chi connectivity index (χ1v) is 5.57. The summed E-state index contributed by atoms with van der Waals surface area (Å²) in [6, 6.07) is 7.68. The standard InChI is InChI=1S/C12H12ClN3/c1-8-4-3-5-11(14-8)12-15-9(2)6-10(7-13)16-12/h3-6H,7H2,1-2H3. The topological polar surface area (TPSA) is 38.7 Å². The van der Waals surface area contributed by atoms with Gasteiger partial charge in [0.15, 0.2) is 5.82 Å². The molecule has 2 rings (SSSR count). The van der Waals surface area contributed by atoms with Crippen LogP contribution >= 0.6 is 11.6 Å². The van der Waals surface area contributed by atoms with Crippen molar-refractivity contribution in [1.82, 2.24) is 15.0 Å². The van der Waals surface area contributed by atoms with Crippen LogP contribution in [0.4, 0.5) is 0 Å².